The highest BCUT2D eigenvalue weighted by Crippen LogP contribution is 2.21. The van der Waals surface area contributed by atoms with Gasteiger partial charge in [-0.2, -0.15) is 0 Å². The molecule has 2 aliphatic carbocycles. The minimum atomic E-state index is 0.610. The van der Waals surface area contributed by atoms with E-state index in [1.165, 1.54) is 44.9 Å². The van der Waals surface area contributed by atoms with Gasteiger partial charge in [-0.05, 0) is 45.7 Å². The summed E-state index contributed by atoms with van der Waals surface area (Å²) >= 11 is 0. The molecule has 0 spiro atoms. The number of guanidine groups is 1. The molecule has 18 heavy (non-hydrogen) atoms. The van der Waals surface area contributed by atoms with Gasteiger partial charge in [0.25, 0.3) is 0 Å². The van der Waals surface area contributed by atoms with Crippen LogP contribution in [0.3, 0.4) is 0 Å². The highest BCUT2D eigenvalue weighted by atomic mass is 15.1. The van der Waals surface area contributed by atoms with Gasteiger partial charge < -0.3 is 16.0 Å². The van der Waals surface area contributed by atoms with Gasteiger partial charge in [0.1, 0.15) is 0 Å². The van der Waals surface area contributed by atoms with E-state index < -0.39 is 0 Å². The summed E-state index contributed by atoms with van der Waals surface area (Å²) in [6, 6.07) is 1.42. The molecule has 2 rings (SSSR count). The Morgan fingerprint density at radius 1 is 1.22 bits per heavy atom. The van der Waals surface area contributed by atoms with Gasteiger partial charge in [0.15, 0.2) is 5.96 Å². The molecule has 0 bridgehead atoms. The molecule has 2 fully saturated rings. The summed E-state index contributed by atoms with van der Waals surface area (Å²) in [7, 11) is 2.26. The van der Waals surface area contributed by atoms with E-state index in [9.17, 15) is 0 Å². The first-order chi connectivity index (χ1) is 8.75. The van der Waals surface area contributed by atoms with Crippen molar-refractivity contribution in [2.45, 2.75) is 63.5 Å². The van der Waals surface area contributed by atoms with Crippen molar-refractivity contribution in [2.75, 3.05) is 20.1 Å². The van der Waals surface area contributed by atoms with Gasteiger partial charge in [0.05, 0.1) is 0 Å². The van der Waals surface area contributed by atoms with Crippen LogP contribution >= 0.6 is 0 Å². The molecular weight excluding hydrogens is 224 g/mol. The maximum absolute atomic E-state index is 5.80. The third kappa shape index (κ3) is 4.84. The van der Waals surface area contributed by atoms with Gasteiger partial charge in [-0.15, -0.1) is 0 Å². The number of hydrogen-bond acceptors (Lipinski definition) is 2. The van der Waals surface area contributed by atoms with E-state index in [1.807, 2.05) is 0 Å². The van der Waals surface area contributed by atoms with Crippen LogP contribution in [0.2, 0.25) is 0 Å². The monoisotopic (exact) mass is 252 g/mol. The van der Waals surface area contributed by atoms with Crippen LogP contribution < -0.4 is 11.1 Å². The Morgan fingerprint density at radius 3 is 2.61 bits per heavy atom. The molecule has 0 atom stereocenters. The second kappa shape index (κ2) is 6.98. The fraction of sp³-hybridized carbons (Fsp3) is 0.929. The lowest BCUT2D eigenvalue weighted by atomic mass is 9.94. The number of aliphatic imine (C=N–C) groups is 1. The van der Waals surface area contributed by atoms with Crippen LogP contribution in [0.4, 0.5) is 0 Å². The van der Waals surface area contributed by atoms with Gasteiger partial charge in [0.2, 0.25) is 0 Å². The highest BCUT2D eigenvalue weighted by Gasteiger charge is 2.21. The fourth-order valence-corrected chi connectivity index (χ4v) is 2.71. The van der Waals surface area contributed by atoms with Crippen LogP contribution in [0.5, 0.6) is 0 Å². The van der Waals surface area contributed by atoms with Crippen LogP contribution in [-0.2, 0) is 0 Å². The lowest BCUT2D eigenvalue weighted by Crippen LogP contribution is -2.35. The molecular formula is C14H28N4. The minimum Gasteiger partial charge on any atom is -0.370 e. The number of rotatable bonds is 6. The molecule has 4 nitrogen and oxygen atoms in total. The minimum absolute atomic E-state index is 0.610. The van der Waals surface area contributed by atoms with Crippen molar-refractivity contribution in [1.82, 2.24) is 10.2 Å². The lowest BCUT2D eigenvalue weighted by Gasteiger charge is -2.30. The van der Waals surface area contributed by atoms with Crippen molar-refractivity contribution in [2.24, 2.45) is 10.7 Å². The first kappa shape index (κ1) is 13.7. The zero-order valence-corrected chi connectivity index (χ0v) is 11.7. The summed E-state index contributed by atoms with van der Waals surface area (Å²) in [5, 5.41) is 3.22. The second-order valence-corrected chi connectivity index (χ2v) is 5.81. The van der Waals surface area contributed by atoms with E-state index in [1.54, 1.807) is 0 Å². The van der Waals surface area contributed by atoms with Crippen molar-refractivity contribution >= 4 is 5.96 Å². The molecule has 0 aromatic heterocycles. The number of hydrogen-bond donors (Lipinski definition) is 2. The average Bonchev–Trinajstić information content (AvgIpc) is 3.19. The first-order valence-corrected chi connectivity index (χ1v) is 7.52. The van der Waals surface area contributed by atoms with Crippen molar-refractivity contribution in [3.8, 4) is 0 Å². The number of nitrogens with one attached hydrogen (secondary N) is 1. The Hall–Kier alpha value is -0.770. The predicted octanol–water partition coefficient (Wildman–Crippen LogP) is 1.71. The third-order valence-corrected chi connectivity index (χ3v) is 4.08. The molecule has 0 saturated heterocycles. The predicted molar refractivity (Wildman–Crippen MR) is 76.8 cm³/mol. The zero-order chi connectivity index (χ0) is 12.8. The summed E-state index contributed by atoms with van der Waals surface area (Å²) < 4.78 is 0. The highest BCUT2D eigenvalue weighted by molar-refractivity contribution is 5.78. The molecule has 2 aliphatic rings. The topological polar surface area (TPSA) is 53.6 Å². The molecule has 0 aromatic carbocycles. The summed E-state index contributed by atoms with van der Waals surface area (Å²) in [6.07, 6.45) is 10.6. The van der Waals surface area contributed by atoms with Crippen LogP contribution in [0.15, 0.2) is 4.99 Å². The normalized spacial score (nSPS) is 22.4. The SMILES string of the molecule is CN(CCCN=C(N)NC1CC1)C1CCCCC1. The quantitative estimate of drug-likeness (QED) is 0.430. The largest absolute Gasteiger partial charge is 0.370 e. The van der Waals surface area contributed by atoms with Gasteiger partial charge in [0, 0.05) is 18.6 Å². The van der Waals surface area contributed by atoms with Crippen molar-refractivity contribution in [3.63, 3.8) is 0 Å². The standard InChI is InChI=1S/C14H28N4/c1-18(13-6-3-2-4-7-13)11-5-10-16-14(15)17-12-8-9-12/h12-13H,2-11H2,1H3,(H3,15,16,17). The second-order valence-electron chi connectivity index (χ2n) is 5.81. The van der Waals surface area contributed by atoms with Crippen molar-refractivity contribution in [1.29, 1.82) is 0 Å². The van der Waals surface area contributed by atoms with E-state index >= 15 is 0 Å². The maximum atomic E-state index is 5.80. The summed E-state index contributed by atoms with van der Waals surface area (Å²) in [6.45, 7) is 1.99. The molecule has 0 aliphatic heterocycles. The van der Waals surface area contributed by atoms with E-state index in [2.05, 4.69) is 22.3 Å². The molecule has 0 unspecified atom stereocenters. The molecule has 0 aromatic rings. The maximum Gasteiger partial charge on any atom is 0.188 e. The Labute approximate surface area is 111 Å². The van der Waals surface area contributed by atoms with E-state index in [0.717, 1.165) is 25.6 Å². The van der Waals surface area contributed by atoms with E-state index in [0.29, 0.717) is 12.0 Å². The summed E-state index contributed by atoms with van der Waals surface area (Å²) in [4.78, 5) is 6.89. The van der Waals surface area contributed by atoms with Crippen LogP contribution in [0.25, 0.3) is 0 Å². The summed E-state index contributed by atoms with van der Waals surface area (Å²) in [5.74, 6) is 0.637. The Morgan fingerprint density at radius 2 is 1.94 bits per heavy atom. The van der Waals surface area contributed by atoms with Crippen molar-refractivity contribution < 1.29 is 0 Å². The van der Waals surface area contributed by atoms with Crippen LogP contribution in [0, 0.1) is 0 Å². The van der Waals surface area contributed by atoms with Gasteiger partial charge in [-0.25, -0.2) is 0 Å². The van der Waals surface area contributed by atoms with Crippen molar-refractivity contribution in [3.05, 3.63) is 0 Å². The molecule has 3 N–H and O–H groups in total. The number of nitrogens with zero attached hydrogens (tertiary/aromatic N) is 2. The molecule has 0 heterocycles. The summed E-state index contributed by atoms with van der Waals surface area (Å²) in [5.41, 5.74) is 5.80. The van der Waals surface area contributed by atoms with Gasteiger partial charge >= 0.3 is 0 Å². The zero-order valence-electron chi connectivity index (χ0n) is 11.7. The molecule has 4 heteroatoms. The average molecular weight is 252 g/mol. The van der Waals surface area contributed by atoms with Crippen LogP contribution in [-0.4, -0.2) is 43.1 Å². The van der Waals surface area contributed by atoms with Gasteiger partial charge in [-0.1, -0.05) is 19.3 Å². The molecule has 104 valence electrons. The molecule has 2 saturated carbocycles. The number of nitrogens with two attached hydrogens (primary N) is 1. The molecule has 0 radical (unpaired) electrons. The van der Waals surface area contributed by atoms with Gasteiger partial charge in [-0.3, -0.25) is 4.99 Å². The van der Waals surface area contributed by atoms with E-state index in [-0.39, 0.29) is 0 Å². The van der Waals surface area contributed by atoms with E-state index in [4.69, 9.17) is 5.73 Å². The molecule has 0 amide bonds. The Balaban J connectivity index is 1.55. The Kier molecular flexibility index (Phi) is 5.29. The smallest absolute Gasteiger partial charge is 0.188 e. The lowest BCUT2D eigenvalue weighted by molar-refractivity contribution is 0.191. The van der Waals surface area contributed by atoms with Crippen LogP contribution in [0.1, 0.15) is 51.4 Å². The fourth-order valence-electron chi connectivity index (χ4n) is 2.71. The Bertz CT molecular complexity index is 267. The first-order valence-electron chi connectivity index (χ1n) is 7.52. The third-order valence-electron chi connectivity index (χ3n) is 4.08.